The van der Waals surface area contributed by atoms with Gasteiger partial charge in [-0.25, -0.2) is 9.18 Å². The minimum atomic E-state index is -0.623. The van der Waals surface area contributed by atoms with E-state index in [2.05, 4.69) is 5.32 Å². The van der Waals surface area contributed by atoms with E-state index in [4.69, 9.17) is 9.15 Å². The fourth-order valence-electron chi connectivity index (χ4n) is 1.40. The first kappa shape index (κ1) is 10.5. The Morgan fingerprint density at radius 2 is 2.25 bits per heavy atom. The maximum absolute atomic E-state index is 13.0. The summed E-state index contributed by atoms with van der Waals surface area (Å²) in [5.74, 6) is -0.275. The van der Waals surface area contributed by atoms with Crippen molar-refractivity contribution >= 4 is 17.1 Å². The topological polar surface area (TPSA) is 51.5 Å². The van der Waals surface area contributed by atoms with Gasteiger partial charge in [-0.3, -0.25) is 0 Å². The van der Waals surface area contributed by atoms with Crippen molar-refractivity contribution in [2.45, 2.75) is 6.92 Å². The molecule has 1 aromatic heterocycles. The summed E-state index contributed by atoms with van der Waals surface area (Å²) < 4.78 is 23.1. The average Bonchev–Trinajstić information content (AvgIpc) is 2.56. The fraction of sp³-hybridized carbons (Fsp3) is 0.182. The Bertz CT molecular complexity index is 547. The standard InChI is InChI=1S/C11H10FNO3/c1-6-8-5-7(12)3-4-9(8)15-10(6)16-11(14)13-2/h3-5H,1-2H3,(H,13,14). The minimum Gasteiger partial charge on any atom is -0.425 e. The summed E-state index contributed by atoms with van der Waals surface area (Å²) >= 11 is 0. The van der Waals surface area contributed by atoms with Gasteiger partial charge in [0.15, 0.2) is 0 Å². The van der Waals surface area contributed by atoms with Crippen LogP contribution in [0.3, 0.4) is 0 Å². The smallest absolute Gasteiger partial charge is 0.414 e. The van der Waals surface area contributed by atoms with Gasteiger partial charge in [-0.15, -0.1) is 0 Å². The molecule has 0 aliphatic rings. The van der Waals surface area contributed by atoms with Gasteiger partial charge in [0.2, 0.25) is 0 Å². The Morgan fingerprint density at radius 3 is 2.94 bits per heavy atom. The lowest BCUT2D eigenvalue weighted by Crippen LogP contribution is -2.22. The summed E-state index contributed by atoms with van der Waals surface area (Å²) in [6.45, 7) is 1.70. The van der Waals surface area contributed by atoms with Crippen LogP contribution in [0.2, 0.25) is 0 Å². The number of halogens is 1. The lowest BCUT2D eigenvalue weighted by Gasteiger charge is -1.98. The molecule has 0 atom stereocenters. The molecule has 1 amide bonds. The van der Waals surface area contributed by atoms with Gasteiger partial charge in [-0.05, 0) is 25.1 Å². The Kier molecular flexibility index (Phi) is 2.52. The zero-order valence-electron chi connectivity index (χ0n) is 8.83. The molecule has 0 bridgehead atoms. The van der Waals surface area contributed by atoms with E-state index in [1.54, 1.807) is 6.92 Å². The number of nitrogens with one attached hydrogen (secondary N) is 1. The van der Waals surface area contributed by atoms with Crippen LogP contribution in [-0.4, -0.2) is 13.1 Å². The second-order valence-electron chi connectivity index (χ2n) is 3.29. The quantitative estimate of drug-likeness (QED) is 0.808. The van der Waals surface area contributed by atoms with Gasteiger partial charge in [-0.2, -0.15) is 0 Å². The van der Waals surface area contributed by atoms with Gasteiger partial charge in [-0.1, -0.05) is 0 Å². The molecule has 1 heterocycles. The number of aryl methyl sites for hydroxylation is 1. The molecule has 0 saturated heterocycles. The van der Waals surface area contributed by atoms with Crippen molar-refractivity contribution in [1.82, 2.24) is 5.32 Å². The molecule has 0 radical (unpaired) electrons. The predicted molar refractivity (Wildman–Crippen MR) is 56.0 cm³/mol. The van der Waals surface area contributed by atoms with Crippen molar-refractivity contribution in [2.75, 3.05) is 7.05 Å². The summed E-state index contributed by atoms with van der Waals surface area (Å²) in [5, 5.41) is 2.90. The number of carbonyl (C=O) groups excluding carboxylic acids is 1. The molecule has 0 fully saturated rings. The maximum atomic E-state index is 13.0. The third kappa shape index (κ3) is 1.71. The van der Waals surface area contributed by atoms with Crippen molar-refractivity contribution in [3.63, 3.8) is 0 Å². The van der Waals surface area contributed by atoms with Gasteiger partial charge < -0.3 is 14.5 Å². The van der Waals surface area contributed by atoms with Gasteiger partial charge >= 0.3 is 6.09 Å². The van der Waals surface area contributed by atoms with Crippen LogP contribution in [0.25, 0.3) is 11.0 Å². The van der Waals surface area contributed by atoms with Crippen LogP contribution in [0.4, 0.5) is 9.18 Å². The molecule has 0 unspecified atom stereocenters. The minimum absolute atomic E-state index is 0.0833. The Morgan fingerprint density at radius 1 is 1.50 bits per heavy atom. The molecule has 0 spiro atoms. The van der Waals surface area contributed by atoms with E-state index in [0.29, 0.717) is 16.5 Å². The summed E-state index contributed by atoms with van der Waals surface area (Å²) in [7, 11) is 1.44. The Hall–Kier alpha value is -2.04. The van der Waals surface area contributed by atoms with Crippen LogP contribution in [0.5, 0.6) is 5.95 Å². The molecule has 4 nitrogen and oxygen atoms in total. The number of furan rings is 1. The number of hydrogen-bond donors (Lipinski definition) is 1. The first-order chi connectivity index (χ1) is 7.61. The molecule has 84 valence electrons. The molecule has 16 heavy (non-hydrogen) atoms. The third-order valence-corrected chi connectivity index (χ3v) is 2.24. The molecule has 0 aliphatic carbocycles. The number of carbonyl (C=O) groups is 1. The predicted octanol–water partition coefficient (Wildman–Crippen LogP) is 2.60. The van der Waals surface area contributed by atoms with Crippen LogP contribution in [0.1, 0.15) is 5.56 Å². The van der Waals surface area contributed by atoms with E-state index in [1.807, 2.05) is 0 Å². The third-order valence-electron chi connectivity index (χ3n) is 2.24. The second-order valence-corrected chi connectivity index (χ2v) is 3.29. The van der Waals surface area contributed by atoms with Gasteiger partial charge in [0.1, 0.15) is 11.4 Å². The zero-order valence-corrected chi connectivity index (χ0v) is 8.83. The molecule has 0 saturated carbocycles. The molecule has 5 heteroatoms. The molecular weight excluding hydrogens is 213 g/mol. The molecule has 0 aliphatic heterocycles. The van der Waals surface area contributed by atoms with Crippen LogP contribution in [0.15, 0.2) is 22.6 Å². The lowest BCUT2D eigenvalue weighted by molar-refractivity contribution is 0.191. The first-order valence-electron chi connectivity index (χ1n) is 4.70. The summed E-state index contributed by atoms with van der Waals surface area (Å²) in [6, 6.07) is 4.12. The maximum Gasteiger partial charge on any atom is 0.414 e. The van der Waals surface area contributed by atoms with Crippen LogP contribution in [0, 0.1) is 12.7 Å². The number of ether oxygens (including phenoxy) is 1. The van der Waals surface area contributed by atoms with E-state index in [9.17, 15) is 9.18 Å². The van der Waals surface area contributed by atoms with Gasteiger partial charge in [0.25, 0.3) is 5.95 Å². The molecule has 1 N–H and O–H groups in total. The second kappa shape index (κ2) is 3.84. The highest BCUT2D eigenvalue weighted by atomic mass is 19.1. The van der Waals surface area contributed by atoms with Gasteiger partial charge in [0, 0.05) is 18.0 Å². The zero-order chi connectivity index (χ0) is 11.7. The van der Waals surface area contributed by atoms with E-state index in [1.165, 1.54) is 25.2 Å². The number of rotatable bonds is 1. The van der Waals surface area contributed by atoms with Crippen molar-refractivity contribution in [3.8, 4) is 5.95 Å². The highest BCUT2D eigenvalue weighted by molar-refractivity contribution is 5.84. The highest BCUT2D eigenvalue weighted by Crippen LogP contribution is 2.31. The van der Waals surface area contributed by atoms with Crippen LogP contribution < -0.4 is 10.1 Å². The number of amides is 1. The molecule has 1 aromatic carbocycles. The number of benzene rings is 1. The van der Waals surface area contributed by atoms with Gasteiger partial charge in [0.05, 0.1) is 0 Å². The van der Waals surface area contributed by atoms with Crippen molar-refractivity contribution in [1.29, 1.82) is 0 Å². The van der Waals surface area contributed by atoms with E-state index in [-0.39, 0.29) is 11.8 Å². The SMILES string of the molecule is CNC(=O)Oc1oc2ccc(F)cc2c1C. The van der Waals surface area contributed by atoms with Crippen LogP contribution >= 0.6 is 0 Å². The van der Waals surface area contributed by atoms with Crippen LogP contribution in [-0.2, 0) is 0 Å². The average molecular weight is 223 g/mol. The fourth-order valence-corrected chi connectivity index (χ4v) is 1.40. The highest BCUT2D eigenvalue weighted by Gasteiger charge is 2.14. The summed E-state index contributed by atoms with van der Waals surface area (Å²) in [5.41, 5.74) is 1.08. The Labute approximate surface area is 91.0 Å². The molecular formula is C11H10FNO3. The largest absolute Gasteiger partial charge is 0.425 e. The molecule has 2 rings (SSSR count). The van der Waals surface area contributed by atoms with Crippen molar-refractivity contribution < 1.29 is 18.3 Å². The normalized spacial score (nSPS) is 10.4. The monoisotopic (exact) mass is 223 g/mol. The summed E-state index contributed by atoms with van der Waals surface area (Å²) in [6.07, 6.45) is -0.623. The Balaban J connectivity index is 2.48. The van der Waals surface area contributed by atoms with Crippen molar-refractivity contribution in [2.24, 2.45) is 0 Å². The van der Waals surface area contributed by atoms with Crippen molar-refractivity contribution in [3.05, 3.63) is 29.6 Å². The number of hydrogen-bond acceptors (Lipinski definition) is 3. The molecule has 2 aromatic rings. The number of fused-ring (bicyclic) bond motifs is 1. The van der Waals surface area contributed by atoms with E-state index >= 15 is 0 Å². The summed E-state index contributed by atoms with van der Waals surface area (Å²) in [4.78, 5) is 11.0. The lowest BCUT2D eigenvalue weighted by atomic mass is 10.2. The van der Waals surface area contributed by atoms with E-state index in [0.717, 1.165) is 0 Å². The first-order valence-corrected chi connectivity index (χ1v) is 4.70. The van der Waals surface area contributed by atoms with E-state index < -0.39 is 6.09 Å².